The van der Waals surface area contributed by atoms with Crippen molar-refractivity contribution in [2.45, 2.75) is 37.6 Å². The quantitative estimate of drug-likeness (QED) is 0.892. The van der Waals surface area contributed by atoms with Gasteiger partial charge in [-0.15, -0.1) is 0 Å². The lowest BCUT2D eigenvalue weighted by Gasteiger charge is -2.25. The molecule has 2 saturated heterocycles. The van der Waals surface area contributed by atoms with Crippen LogP contribution in [0.1, 0.15) is 30.9 Å². The van der Waals surface area contributed by atoms with E-state index in [9.17, 15) is 5.11 Å². The van der Waals surface area contributed by atoms with Gasteiger partial charge in [-0.1, -0.05) is 23.2 Å². The van der Waals surface area contributed by atoms with E-state index < -0.39 is 6.10 Å². The van der Waals surface area contributed by atoms with Crippen LogP contribution in [0.3, 0.4) is 0 Å². The molecular formula is C13H14Cl2O2. The van der Waals surface area contributed by atoms with Gasteiger partial charge < -0.3 is 9.84 Å². The molecule has 3 rings (SSSR count). The first kappa shape index (κ1) is 11.8. The van der Waals surface area contributed by atoms with E-state index in [2.05, 4.69) is 0 Å². The van der Waals surface area contributed by atoms with Crippen molar-refractivity contribution < 1.29 is 9.84 Å². The van der Waals surface area contributed by atoms with Crippen LogP contribution in [0.15, 0.2) is 18.2 Å². The molecule has 2 heterocycles. The molecule has 1 N–H and O–H groups in total. The first-order valence-corrected chi connectivity index (χ1v) is 6.69. The van der Waals surface area contributed by atoms with E-state index in [-0.39, 0.29) is 12.0 Å². The van der Waals surface area contributed by atoms with Gasteiger partial charge in [0, 0.05) is 21.5 Å². The van der Waals surface area contributed by atoms with Crippen molar-refractivity contribution in [3.8, 4) is 0 Å². The highest BCUT2D eigenvalue weighted by molar-refractivity contribution is 6.33. The molecule has 0 aliphatic carbocycles. The predicted octanol–water partition coefficient (Wildman–Crippen LogP) is 3.59. The Balaban J connectivity index is 1.86. The Labute approximate surface area is 110 Å². The molecular weight excluding hydrogens is 259 g/mol. The third kappa shape index (κ3) is 2.08. The summed E-state index contributed by atoms with van der Waals surface area (Å²) < 4.78 is 5.76. The number of hydrogen-bond donors (Lipinski definition) is 1. The van der Waals surface area contributed by atoms with Crippen LogP contribution in [0.25, 0.3) is 0 Å². The summed E-state index contributed by atoms with van der Waals surface area (Å²) in [6, 6.07) is 5.22. The number of halogens is 2. The van der Waals surface area contributed by atoms with Crippen molar-refractivity contribution in [3.05, 3.63) is 33.8 Å². The number of ether oxygens (including phenoxy) is 1. The monoisotopic (exact) mass is 272 g/mol. The van der Waals surface area contributed by atoms with E-state index in [1.54, 1.807) is 18.2 Å². The average Bonchev–Trinajstić information content (AvgIpc) is 2.93. The first-order valence-electron chi connectivity index (χ1n) is 5.93. The summed E-state index contributed by atoms with van der Waals surface area (Å²) in [6.07, 6.45) is 3.04. The van der Waals surface area contributed by atoms with Gasteiger partial charge >= 0.3 is 0 Å². The molecule has 17 heavy (non-hydrogen) atoms. The van der Waals surface area contributed by atoms with Crippen molar-refractivity contribution in [1.29, 1.82) is 0 Å². The summed E-state index contributed by atoms with van der Waals surface area (Å²) in [5.41, 5.74) is 0.723. The van der Waals surface area contributed by atoms with Crippen LogP contribution in [-0.4, -0.2) is 17.3 Å². The molecule has 4 atom stereocenters. The highest BCUT2D eigenvalue weighted by Gasteiger charge is 2.44. The third-order valence-electron chi connectivity index (χ3n) is 3.84. The maximum absolute atomic E-state index is 10.4. The molecule has 0 aromatic heterocycles. The Morgan fingerprint density at radius 1 is 1.29 bits per heavy atom. The molecule has 0 amide bonds. The summed E-state index contributed by atoms with van der Waals surface area (Å²) in [7, 11) is 0. The summed E-state index contributed by atoms with van der Waals surface area (Å²) >= 11 is 12.1. The summed E-state index contributed by atoms with van der Waals surface area (Å²) in [5, 5.41) is 11.6. The second kappa shape index (κ2) is 4.43. The maximum Gasteiger partial charge on any atom is 0.0858 e. The average molecular weight is 273 g/mol. The van der Waals surface area contributed by atoms with E-state index >= 15 is 0 Å². The summed E-state index contributed by atoms with van der Waals surface area (Å²) in [5.74, 6) is 0.157. The molecule has 2 aliphatic rings. The zero-order chi connectivity index (χ0) is 12.0. The predicted molar refractivity (Wildman–Crippen MR) is 67.4 cm³/mol. The largest absolute Gasteiger partial charge is 0.388 e. The second-order valence-electron chi connectivity index (χ2n) is 4.88. The molecule has 4 heteroatoms. The first-order chi connectivity index (χ1) is 8.15. The zero-order valence-electron chi connectivity index (χ0n) is 9.27. The maximum atomic E-state index is 10.4. The Morgan fingerprint density at radius 2 is 2.12 bits per heavy atom. The third-order valence-corrected chi connectivity index (χ3v) is 4.41. The number of rotatable bonds is 2. The van der Waals surface area contributed by atoms with Crippen LogP contribution >= 0.6 is 23.2 Å². The molecule has 1 aromatic carbocycles. The zero-order valence-corrected chi connectivity index (χ0v) is 10.8. The van der Waals surface area contributed by atoms with Crippen molar-refractivity contribution >= 4 is 23.2 Å². The SMILES string of the molecule is OC(c1cc(Cl)ccc1Cl)C1CC2CCC1O2. The summed E-state index contributed by atoms with van der Waals surface area (Å²) in [4.78, 5) is 0. The van der Waals surface area contributed by atoms with Crippen LogP contribution in [0.2, 0.25) is 10.0 Å². The normalized spacial score (nSPS) is 33.0. The number of aliphatic hydroxyl groups is 1. The van der Waals surface area contributed by atoms with Gasteiger partial charge in [0.2, 0.25) is 0 Å². The standard InChI is InChI=1S/C13H14Cl2O2/c14-7-1-3-11(15)9(5-7)13(16)10-6-8-2-4-12(10)17-8/h1,3,5,8,10,12-13,16H,2,4,6H2. The van der Waals surface area contributed by atoms with Gasteiger partial charge in [-0.25, -0.2) is 0 Å². The van der Waals surface area contributed by atoms with Gasteiger partial charge in [0.05, 0.1) is 18.3 Å². The van der Waals surface area contributed by atoms with E-state index in [0.29, 0.717) is 16.1 Å². The van der Waals surface area contributed by atoms with Crippen molar-refractivity contribution in [2.24, 2.45) is 5.92 Å². The Kier molecular flexibility index (Phi) is 3.07. The van der Waals surface area contributed by atoms with E-state index in [1.165, 1.54) is 0 Å². The minimum Gasteiger partial charge on any atom is -0.388 e. The number of aliphatic hydroxyl groups excluding tert-OH is 1. The lowest BCUT2D eigenvalue weighted by atomic mass is 9.82. The lowest BCUT2D eigenvalue weighted by Crippen LogP contribution is -2.23. The molecule has 92 valence electrons. The number of hydrogen-bond acceptors (Lipinski definition) is 2. The van der Waals surface area contributed by atoms with Gasteiger partial charge in [0.1, 0.15) is 0 Å². The van der Waals surface area contributed by atoms with Crippen molar-refractivity contribution in [3.63, 3.8) is 0 Å². The Morgan fingerprint density at radius 3 is 2.76 bits per heavy atom. The smallest absolute Gasteiger partial charge is 0.0858 e. The van der Waals surface area contributed by atoms with E-state index in [1.807, 2.05) is 0 Å². The fourth-order valence-electron chi connectivity index (χ4n) is 2.98. The number of fused-ring (bicyclic) bond motifs is 2. The van der Waals surface area contributed by atoms with Gasteiger partial charge in [0.15, 0.2) is 0 Å². The fraction of sp³-hybridized carbons (Fsp3) is 0.538. The van der Waals surface area contributed by atoms with Gasteiger partial charge in [-0.3, -0.25) is 0 Å². The molecule has 4 unspecified atom stereocenters. The van der Waals surface area contributed by atoms with Gasteiger partial charge in [0.25, 0.3) is 0 Å². The minimum atomic E-state index is -0.573. The highest BCUT2D eigenvalue weighted by Crippen LogP contribution is 2.45. The topological polar surface area (TPSA) is 29.5 Å². The fourth-order valence-corrected chi connectivity index (χ4v) is 3.39. The molecule has 0 spiro atoms. The van der Waals surface area contributed by atoms with Crippen molar-refractivity contribution in [2.75, 3.05) is 0 Å². The minimum absolute atomic E-state index is 0.157. The molecule has 2 aliphatic heterocycles. The van der Waals surface area contributed by atoms with Crippen LogP contribution in [-0.2, 0) is 4.74 Å². The van der Waals surface area contributed by atoms with Crippen LogP contribution in [0.4, 0.5) is 0 Å². The number of benzene rings is 1. The molecule has 2 fully saturated rings. The van der Waals surface area contributed by atoms with Crippen LogP contribution < -0.4 is 0 Å². The van der Waals surface area contributed by atoms with Crippen LogP contribution in [0.5, 0.6) is 0 Å². The van der Waals surface area contributed by atoms with E-state index in [4.69, 9.17) is 27.9 Å². The molecule has 1 aromatic rings. The van der Waals surface area contributed by atoms with Gasteiger partial charge in [-0.2, -0.15) is 0 Å². The molecule has 0 saturated carbocycles. The van der Waals surface area contributed by atoms with Gasteiger partial charge in [-0.05, 0) is 37.5 Å². The summed E-state index contributed by atoms with van der Waals surface area (Å²) in [6.45, 7) is 0. The molecule has 2 nitrogen and oxygen atoms in total. The Bertz CT molecular complexity index is 435. The highest BCUT2D eigenvalue weighted by atomic mass is 35.5. The van der Waals surface area contributed by atoms with Crippen molar-refractivity contribution in [1.82, 2.24) is 0 Å². The Hall–Kier alpha value is -0.280. The van der Waals surface area contributed by atoms with E-state index in [0.717, 1.165) is 24.8 Å². The van der Waals surface area contributed by atoms with Crippen LogP contribution in [0, 0.1) is 5.92 Å². The molecule has 2 bridgehead atoms. The second-order valence-corrected chi connectivity index (χ2v) is 5.73. The molecule has 0 radical (unpaired) electrons. The lowest BCUT2D eigenvalue weighted by molar-refractivity contribution is 0.0423.